The second-order valence-corrected chi connectivity index (χ2v) is 7.26. The van der Waals surface area contributed by atoms with Gasteiger partial charge >= 0.3 is 0 Å². The Morgan fingerprint density at radius 3 is 1.40 bits per heavy atom. The van der Waals surface area contributed by atoms with E-state index in [1.807, 2.05) is 17.5 Å². The summed E-state index contributed by atoms with van der Waals surface area (Å²) in [5.41, 5.74) is 12.3. The van der Waals surface area contributed by atoms with Gasteiger partial charge in [0.1, 0.15) is 17.1 Å². The highest BCUT2D eigenvalue weighted by atomic mass is 16.3. The third-order valence-electron chi connectivity index (χ3n) is 4.90. The third kappa shape index (κ3) is 2.87. The van der Waals surface area contributed by atoms with Gasteiger partial charge in [0.25, 0.3) is 5.88 Å². The average Bonchev–Trinajstić information content (AvgIpc) is 2.74. The van der Waals surface area contributed by atoms with Gasteiger partial charge in [0.2, 0.25) is 0 Å². The maximum Gasteiger partial charge on any atom is 0.267 e. The van der Waals surface area contributed by atoms with Crippen molar-refractivity contribution >= 4 is 11.4 Å². The molecule has 0 atom stereocenters. The number of aliphatic hydroxyl groups is 1. The summed E-state index contributed by atoms with van der Waals surface area (Å²) in [5, 5.41) is 14.8. The highest BCUT2D eigenvalue weighted by Gasteiger charge is 2.35. The quantitative estimate of drug-likeness (QED) is 0.813. The monoisotopic (exact) mass is 338 g/mol. The number of quaternary nitrogens is 1. The van der Waals surface area contributed by atoms with E-state index in [-0.39, 0.29) is 5.88 Å². The molecule has 132 valence electrons. The Morgan fingerprint density at radius 1 is 0.640 bits per heavy atom. The number of benzene rings is 2. The zero-order valence-corrected chi connectivity index (χ0v) is 16.2. The molecule has 1 heterocycles. The highest BCUT2D eigenvalue weighted by molar-refractivity contribution is 5.66. The van der Waals surface area contributed by atoms with Gasteiger partial charge in [-0.05, 0) is 70.7 Å². The van der Waals surface area contributed by atoms with Crippen LogP contribution in [0.2, 0.25) is 0 Å². The van der Waals surface area contributed by atoms with Crippen molar-refractivity contribution in [3.63, 3.8) is 0 Å². The minimum absolute atomic E-state index is 0.287. The van der Waals surface area contributed by atoms with Crippen LogP contribution >= 0.6 is 0 Å². The predicted molar refractivity (Wildman–Crippen MR) is 104 cm³/mol. The summed E-state index contributed by atoms with van der Waals surface area (Å²) in [6.45, 7) is 14.6. The van der Waals surface area contributed by atoms with Gasteiger partial charge in [0.15, 0.2) is 0 Å². The molecular weight excluding hydrogens is 310 g/mol. The second kappa shape index (κ2) is 6.12. The standard InChI is InChI=1S/C21H27N3O/c1-12-8-14(3)19(15(4)9-12)23-18(7)21(25)24(22-23)20-16(5)10-13(2)11-17(20)6/h8-11,22,25H,1-7H3/p+1. The first-order valence-corrected chi connectivity index (χ1v) is 8.69. The minimum atomic E-state index is 0.287. The number of nitrogens with zero attached hydrogens (tertiary/aromatic N) is 2. The molecule has 0 radical (unpaired) electrons. The summed E-state index contributed by atoms with van der Waals surface area (Å²) >= 11 is 0. The molecule has 3 N–H and O–H groups in total. The van der Waals surface area contributed by atoms with E-state index in [9.17, 15) is 5.11 Å². The summed E-state index contributed by atoms with van der Waals surface area (Å²) in [7, 11) is 0. The van der Waals surface area contributed by atoms with Gasteiger partial charge in [0.05, 0.1) is 0 Å². The van der Waals surface area contributed by atoms with Crippen LogP contribution in [-0.2, 0) is 0 Å². The molecule has 0 saturated heterocycles. The van der Waals surface area contributed by atoms with Gasteiger partial charge in [-0.3, -0.25) is 0 Å². The van der Waals surface area contributed by atoms with E-state index in [2.05, 4.69) is 70.8 Å². The van der Waals surface area contributed by atoms with Crippen molar-refractivity contribution in [2.75, 3.05) is 10.0 Å². The summed E-state index contributed by atoms with van der Waals surface area (Å²) in [4.78, 5) is 0. The molecular formula is C21H28N3O+. The molecule has 0 saturated carbocycles. The van der Waals surface area contributed by atoms with Crippen LogP contribution in [-0.4, -0.2) is 5.11 Å². The molecule has 0 aliphatic carbocycles. The van der Waals surface area contributed by atoms with Gasteiger partial charge in [-0.25, -0.2) is 0 Å². The maximum atomic E-state index is 10.8. The summed E-state index contributed by atoms with van der Waals surface area (Å²) in [6, 6.07) is 8.69. The largest absolute Gasteiger partial charge is 0.490 e. The molecule has 2 aromatic carbocycles. The Morgan fingerprint density at radius 2 is 1.00 bits per heavy atom. The first kappa shape index (κ1) is 17.4. The van der Waals surface area contributed by atoms with Crippen LogP contribution in [0.1, 0.15) is 40.3 Å². The molecule has 0 aromatic heterocycles. The van der Waals surface area contributed by atoms with Gasteiger partial charge in [-0.2, -0.15) is 5.01 Å². The van der Waals surface area contributed by atoms with E-state index in [1.165, 1.54) is 22.3 Å². The molecule has 0 amide bonds. The normalized spacial score (nSPS) is 14.7. The number of allylic oxidation sites excluding steroid dienone is 1. The van der Waals surface area contributed by atoms with Crippen LogP contribution in [0.15, 0.2) is 35.8 Å². The van der Waals surface area contributed by atoms with Crippen molar-refractivity contribution < 1.29 is 10.6 Å². The number of hydrogen-bond donors (Lipinski definition) is 2. The van der Waals surface area contributed by atoms with Crippen LogP contribution in [0.4, 0.5) is 11.4 Å². The van der Waals surface area contributed by atoms with Crippen molar-refractivity contribution in [3.05, 3.63) is 69.2 Å². The molecule has 2 aromatic rings. The zero-order valence-electron chi connectivity index (χ0n) is 16.2. The molecule has 0 bridgehead atoms. The van der Waals surface area contributed by atoms with Gasteiger partial charge in [-0.15, -0.1) is 10.5 Å². The number of hydrogen-bond acceptors (Lipinski definition) is 3. The molecule has 0 unspecified atom stereocenters. The summed E-state index contributed by atoms with van der Waals surface area (Å²) < 4.78 is 0. The minimum Gasteiger partial charge on any atom is -0.490 e. The number of aliphatic hydroxyl groups excluding tert-OH is 1. The van der Waals surface area contributed by atoms with E-state index >= 15 is 0 Å². The Balaban J connectivity index is 2.08. The van der Waals surface area contributed by atoms with E-state index in [0.717, 1.165) is 28.2 Å². The van der Waals surface area contributed by atoms with E-state index < -0.39 is 0 Å². The molecule has 0 spiro atoms. The van der Waals surface area contributed by atoms with E-state index in [0.29, 0.717) is 0 Å². The van der Waals surface area contributed by atoms with Crippen LogP contribution in [0.5, 0.6) is 0 Å². The Kier molecular flexibility index (Phi) is 4.25. The number of anilines is 2. The Labute approximate surface area is 150 Å². The first-order chi connectivity index (χ1) is 11.7. The van der Waals surface area contributed by atoms with Crippen LogP contribution < -0.4 is 15.6 Å². The topological polar surface area (TPSA) is 43.3 Å². The number of aryl methyl sites for hydroxylation is 6. The number of rotatable bonds is 2. The summed E-state index contributed by atoms with van der Waals surface area (Å²) in [5.74, 6) is 0.287. The molecule has 0 fully saturated rings. The van der Waals surface area contributed by atoms with Gasteiger partial charge in [0, 0.05) is 0 Å². The highest BCUT2D eigenvalue weighted by Crippen LogP contribution is 2.32. The molecule has 1 aliphatic heterocycles. The Bertz CT molecular complexity index is 765. The smallest absolute Gasteiger partial charge is 0.267 e. The van der Waals surface area contributed by atoms with Gasteiger partial charge in [-0.1, -0.05) is 35.4 Å². The lowest BCUT2D eigenvalue weighted by Crippen LogP contribution is -2.99. The Hall–Kier alpha value is -2.46. The molecule has 3 rings (SSSR count). The first-order valence-electron chi connectivity index (χ1n) is 8.69. The van der Waals surface area contributed by atoms with E-state index in [4.69, 9.17) is 0 Å². The molecule has 4 heteroatoms. The van der Waals surface area contributed by atoms with Crippen molar-refractivity contribution in [2.45, 2.75) is 48.5 Å². The van der Waals surface area contributed by atoms with Gasteiger partial charge < -0.3 is 5.11 Å². The predicted octanol–water partition coefficient (Wildman–Crippen LogP) is 4.00. The fourth-order valence-electron chi connectivity index (χ4n) is 4.03. The lowest BCUT2D eigenvalue weighted by atomic mass is 10.0. The lowest BCUT2D eigenvalue weighted by molar-refractivity contribution is -0.661. The molecule has 4 nitrogen and oxygen atoms in total. The van der Waals surface area contributed by atoms with Crippen LogP contribution in [0.25, 0.3) is 0 Å². The van der Waals surface area contributed by atoms with Crippen LogP contribution in [0, 0.1) is 41.5 Å². The van der Waals surface area contributed by atoms with Crippen molar-refractivity contribution in [1.82, 2.24) is 0 Å². The lowest BCUT2D eigenvalue weighted by Gasteiger charge is -2.24. The van der Waals surface area contributed by atoms with Crippen molar-refractivity contribution in [1.29, 1.82) is 0 Å². The summed E-state index contributed by atoms with van der Waals surface area (Å²) in [6.07, 6.45) is 0. The second-order valence-electron chi connectivity index (χ2n) is 7.26. The fourth-order valence-corrected chi connectivity index (χ4v) is 4.03. The number of nitrogens with two attached hydrogens (primary N) is 1. The third-order valence-corrected chi connectivity index (χ3v) is 4.90. The zero-order chi connectivity index (χ0) is 18.5. The molecule has 25 heavy (non-hydrogen) atoms. The SMILES string of the molecule is CC1=C(O)N(c2c(C)cc(C)cc2C)[NH2+]N1c1c(C)cc(C)cc1C. The van der Waals surface area contributed by atoms with E-state index in [1.54, 1.807) is 0 Å². The van der Waals surface area contributed by atoms with Crippen molar-refractivity contribution in [3.8, 4) is 0 Å². The van der Waals surface area contributed by atoms with Crippen molar-refractivity contribution in [2.24, 2.45) is 0 Å². The van der Waals surface area contributed by atoms with Crippen LogP contribution in [0.3, 0.4) is 0 Å². The fraction of sp³-hybridized carbons (Fsp3) is 0.333. The maximum absolute atomic E-state index is 10.8. The molecule has 1 aliphatic rings. The average molecular weight is 338 g/mol.